The van der Waals surface area contributed by atoms with Crippen molar-refractivity contribution < 1.29 is 14.1 Å². The molecule has 0 bridgehead atoms. The molecule has 0 heterocycles. The molecule has 0 radical (unpaired) electrons. The smallest absolute Gasteiger partial charge is 0.308 e. The van der Waals surface area contributed by atoms with E-state index in [1.54, 1.807) is 0 Å². The summed E-state index contributed by atoms with van der Waals surface area (Å²) in [6, 6.07) is 3.89. The molecular weight excluding hydrogens is 201 g/mol. The highest BCUT2D eigenvalue weighted by Gasteiger charge is 2.18. The number of rotatable bonds is 4. The largest absolute Gasteiger partial charge is 0.490 e. The molecule has 1 rings (SSSR count). The molecular formula is C10H12FNO3. The molecule has 0 aromatic heterocycles. The number of hydrogen-bond acceptors (Lipinski definition) is 3. The molecule has 1 aromatic carbocycles. The lowest BCUT2D eigenvalue weighted by molar-refractivity contribution is -0.387. The summed E-state index contributed by atoms with van der Waals surface area (Å²) >= 11 is 0. The predicted molar refractivity (Wildman–Crippen MR) is 53.4 cm³/mol. The van der Waals surface area contributed by atoms with Crippen molar-refractivity contribution in [2.75, 3.05) is 6.61 Å². The Hall–Kier alpha value is -1.65. The van der Waals surface area contributed by atoms with Crippen molar-refractivity contribution in [1.82, 2.24) is 0 Å². The number of nitrogens with zero attached hydrogens (tertiary/aromatic N) is 1. The van der Waals surface area contributed by atoms with E-state index in [4.69, 9.17) is 4.74 Å². The molecule has 1 aromatic rings. The Morgan fingerprint density at radius 2 is 2.20 bits per heavy atom. The maximum Gasteiger partial charge on any atom is 0.308 e. The summed E-state index contributed by atoms with van der Waals surface area (Å²) in [6.07, 6.45) is 0. The summed E-state index contributed by atoms with van der Waals surface area (Å²) in [5.74, 6) is -0.746. The first kappa shape index (κ1) is 11.4. The Bertz CT molecular complexity index is 366. The summed E-state index contributed by atoms with van der Waals surface area (Å²) < 4.78 is 18.5. The van der Waals surface area contributed by atoms with Gasteiger partial charge in [0.2, 0.25) is 5.82 Å². The van der Waals surface area contributed by atoms with Crippen molar-refractivity contribution in [2.45, 2.75) is 13.8 Å². The minimum absolute atomic E-state index is 0.0714. The fraction of sp³-hybridized carbons (Fsp3) is 0.400. The molecule has 82 valence electrons. The monoisotopic (exact) mass is 213 g/mol. The van der Waals surface area contributed by atoms with Crippen LogP contribution in [-0.4, -0.2) is 11.5 Å². The summed E-state index contributed by atoms with van der Waals surface area (Å²) in [5.41, 5.74) is -0.559. The molecule has 0 aliphatic heterocycles. The molecule has 0 fully saturated rings. The molecule has 0 N–H and O–H groups in total. The normalized spacial score (nSPS) is 10.4. The maximum atomic E-state index is 13.4. The quantitative estimate of drug-likeness (QED) is 0.570. The lowest BCUT2D eigenvalue weighted by atomic mass is 10.2. The number of benzene rings is 1. The summed E-state index contributed by atoms with van der Waals surface area (Å²) in [6.45, 7) is 4.16. The van der Waals surface area contributed by atoms with E-state index in [1.165, 1.54) is 12.1 Å². The lowest BCUT2D eigenvalue weighted by Gasteiger charge is -2.08. The zero-order valence-corrected chi connectivity index (χ0v) is 8.57. The van der Waals surface area contributed by atoms with E-state index < -0.39 is 16.4 Å². The van der Waals surface area contributed by atoms with Gasteiger partial charge in [-0.05, 0) is 12.0 Å². The van der Waals surface area contributed by atoms with E-state index in [-0.39, 0.29) is 11.7 Å². The first-order valence-corrected chi connectivity index (χ1v) is 4.58. The number of nitro benzene ring substituents is 1. The van der Waals surface area contributed by atoms with Crippen LogP contribution in [-0.2, 0) is 0 Å². The zero-order valence-electron chi connectivity index (χ0n) is 8.57. The fourth-order valence-electron chi connectivity index (χ4n) is 1.01. The summed E-state index contributed by atoms with van der Waals surface area (Å²) in [4.78, 5) is 9.66. The molecule has 5 heteroatoms. The van der Waals surface area contributed by atoms with Crippen LogP contribution in [0.2, 0.25) is 0 Å². The fourth-order valence-corrected chi connectivity index (χ4v) is 1.01. The topological polar surface area (TPSA) is 52.4 Å². The Kier molecular flexibility index (Phi) is 3.60. The van der Waals surface area contributed by atoms with Crippen molar-refractivity contribution in [3.8, 4) is 5.75 Å². The molecule has 0 unspecified atom stereocenters. The van der Waals surface area contributed by atoms with E-state index >= 15 is 0 Å². The highest BCUT2D eigenvalue weighted by molar-refractivity contribution is 5.40. The summed E-state index contributed by atoms with van der Waals surface area (Å²) in [7, 11) is 0. The van der Waals surface area contributed by atoms with Gasteiger partial charge in [-0.2, -0.15) is 4.39 Å². The lowest BCUT2D eigenvalue weighted by Crippen LogP contribution is -2.06. The molecule has 0 aliphatic rings. The Morgan fingerprint density at radius 3 is 2.73 bits per heavy atom. The standard InChI is InChI=1S/C10H12FNO3/c1-7(2)6-15-9-5-3-4-8(10(9)11)12(13)14/h3-5,7H,6H2,1-2H3. The van der Waals surface area contributed by atoms with Gasteiger partial charge in [0.15, 0.2) is 5.75 Å². The van der Waals surface area contributed by atoms with Crippen LogP contribution in [0.5, 0.6) is 5.75 Å². The van der Waals surface area contributed by atoms with Crippen LogP contribution in [0.1, 0.15) is 13.8 Å². The van der Waals surface area contributed by atoms with Crippen molar-refractivity contribution in [3.05, 3.63) is 34.1 Å². The van der Waals surface area contributed by atoms with Crippen LogP contribution in [0.3, 0.4) is 0 Å². The molecule has 0 spiro atoms. The first-order chi connectivity index (χ1) is 7.02. The van der Waals surface area contributed by atoms with Gasteiger partial charge >= 0.3 is 5.69 Å². The number of hydrogen-bond donors (Lipinski definition) is 0. The van der Waals surface area contributed by atoms with E-state index in [9.17, 15) is 14.5 Å². The highest BCUT2D eigenvalue weighted by Crippen LogP contribution is 2.26. The molecule has 4 nitrogen and oxygen atoms in total. The predicted octanol–water partition coefficient (Wildman–Crippen LogP) is 2.77. The van der Waals surface area contributed by atoms with Crippen molar-refractivity contribution in [1.29, 1.82) is 0 Å². The van der Waals surface area contributed by atoms with Gasteiger partial charge in [-0.1, -0.05) is 19.9 Å². The van der Waals surface area contributed by atoms with E-state index in [0.717, 1.165) is 6.07 Å². The van der Waals surface area contributed by atoms with Crippen LogP contribution < -0.4 is 4.74 Å². The summed E-state index contributed by atoms with van der Waals surface area (Å²) in [5, 5.41) is 10.4. The number of halogens is 1. The SMILES string of the molecule is CC(C)COc1cccc([N+](=O)[O-])c1F. The Balaban J connectivity index is 2.89. The average Bonchev–Trinajstić information content (AvgIpc) is 2.15. The second-order valence-electron chi connectivity index (χ2n) is 3.55. The average molecular weight is 213 g/mol. The van der Waals surface area contributed by atoms with Crippen molar-refractivity contribution >= 4 is 5.69 Å². The molecule has 0 amide bonds. The van der Waals surface area contributed by atoms with E-state index in [0.29, 0.717) is 6.61 Å². The van der Waals surface area contributed by atoms with Gasteiger partial charge in [-0.15, -0.1) is 0 Å². The van der Waals surface area contributed by atoms with Crippen LogP contribution in [0.4, 0.5) is 10.1 Å². The third-order valence-electron chi connectivity index (χ3n) is 1.71. The third kappa shape index (κ3) is 2.90. The first-order valence-electron chi connectivity index (χ1n) is 4.58. The minimum Gasteiger partial charge on any atom is -0.490 e. The van der Waals surface area contributed by atoms with Crippen molar-refractivity contribution in [3.63, 3.8) is 0 Å². The third-order valence-corrected chi connectivity index (χ3v) is 1.71. The van der Waals surface area contributed by atoms with Gasteiger partial charge in [0.05, 0.1) is 11.5 Å². The van der Waals surface area contributed by atoms with Crippen molar-refractivity contribution in [2.24, 2.45) is 5.92 Å². The zero-order chi connectivity index (χ0) is 11.4. The molecule has 0 aliphatic carbocycles. The molecule has 0 saturated heterocycles. The maximum absolute atomic E-state index is 13.4. The van der Waals surface area contributed by atoms with Gasteiger partial charge in [0.25, 0.3) is 0 Å². The van der Waals surface area contributed by atoms with Crippen LogP contribution in [0.25, 0.3) is 0 Å². The van der Waals surface area contributed by atoms with Gasteiger partial charge in [-0.3, -0.25) is 10.1 Å². The molecule has 0 saturated carbocycles. The van der Waals surface area contributed by atoms with Crippen LogP contribution in [0, 0.1) is 21.8 Å². The molecule has 0 atom stereocenters. The Morgan fingerprint density at radius 1 is 1.53 bits per heavy atom. The van der Waals surface area contributed by atoms with Gasteiger partial charge < -0.3 is 4.74 Å². The minimum atomic E-state index is -0.914. The van der Waals surface area contributed by atoms with Crippen LogP contribution in [0.15, 0.2) is 18.2 Å². The van der Waals surface area contributed by atoms with E-state index in [2.05, 4.69) is 0 Å². The van der Waals surface area contributed by atoms with Gasteiger partial charge in [0.1, 0.15) is 0 Å². The highest BCUT2D eigenvalue weighted by atomic mass is 19.1. The second-order valence-corrected chi connectivity index (χ2v) is 3.55. The van der Waals surface area contributed by atoms with Gasteiger partial charge in [0, 0.05) is 6.07 Å². The van der Waals surface area contributed by atoms with Gasteiger partial charge in [-0.25, -0.2) is 0 Å². The molecule has 15 heavy (non-hydrogen) atoms. The number of nitro groups is 1. The van der Waals surface area contributed by atoms with Crippen LogP contribution >= 0.6 is 0 Å². The number of ether oxygens (including phenoxy) is 1. The second kappa shape index (κ2) is 4.72. The van der Waals surface area contributed by atoms with E-state index in [1.807, 2.05) is 13.8 Å². The Labute approximate surface area is 86.8 Å².